The van der Waals surface area contributed by atoms with Gasteiger partial charge in [-0.3, -0.25) is 9.36 Å². The third-order valence-corrected chi connectivity index (χ3v) is 5.96. The Kier molecular flexibility index (Phi) is 4.06. The van der Waals surface area contributed by atoms with E-state index in [0.29, 0.717) is 41.4 Å². The zero-order valence-corrected chi connectivity index (χ0v) is 15.7. The molecule has 1 saturated heterocycles. The highest BCUT2D eigenvalue weighted by molar-refractivity contribution is 5.82. The molecular weight excluding hydrogens is 349 g/mol. The Balaban J connectivity index is 1.84. The van der Waals surface area contributed by atoms with Crippen LogP contribution in [0.3, 0.4) is 0 Å². The maximum Gasteiger partial charge on any atom is 0.350 e. The SMILES string of the molecule is CC(C)(N)C1CCN(c2cc3c(cc2F)c(=O)n(N)c(=O)n3CC2CC2)C1. The first-order valence-corrected chi connectivity index (χ1v) is 9.45. The molecule has 0 amide bonds. The Morgan fingerprint density at radius 2 is 1.93 bits per heavy atom. The number of nitrogens with two attached hydrogens (primary N) is 2. The van der Waals surface area contributed by atoms with Crippen molar-refractivity contribution in [2.75, 3.05) is 23.8 Å². The molecule has 8 heteroatoms. The average molecular weight is 375 g/mol. The Bertz CT molecular complexity index is 1020. The summed E-state index contributed by atoms with van der Waals surface area (Å²) >= 11 is 0. The molecule has 1 aromatic carbocycles. The lowest BCUT2D eigenvalue weighted by atomic mass is 9.88. The number of rotatable bonds is 4. The first kappa shape index (κ1) is 18.0. The van der Waals surface area contributed by atoms with Crippen LogP contribution in [-0.2, 0) is 6.54 Å². The summed E-state index contributed by atoms with van der Waals surface area (Å²) in [4.78, 5) is 26.9. The molecule has 4 N–H and O–H groups in total. The second-order valence-electron chi connectivity index (χ2n) is 8.59. The number of nitrogen functional groups attached to an aromatic ring is 1. The molecule has 1 aliphatic heterocycles. The van der Waals surface area contributed by atoms with Crippen molar-refractivity contribution in [3.8, 4) is 0 Å². The lowest BCUT2D eigenvalue weighted by molar-refractivity contribution is 0.348. The standard InChI is InChI=1S/C19H26FN5O2/c1-19(2,21)12-5-6-23(10-12)16-8-15-13(7-14(16)20)17(26)25(22)18(27)24(15)9-11-3-4-11/h7-8,11-12H,3-6,9-10,21-22H2,1-2H3. The normalized spacial score (nSPS) is 20.6. The van der Waals surface area contributed by atoms with Crippen molar-refractivity contribution >= 4 is 16.6 Å². The topological polar surface area (TPSA) is 99.3 Å². The number of halogens is 1. The van der Waals surface area contributed by atoms with E-state index in [2.05, 4.69) is 0 Å². The number of anilines is 1. The zero-order chi connectivity index (χ0) is 19.5. The molecule has 0 spiro atoms. The summed E-state index contributed by atoms with van der Waals surface area (Å²) in [7, 11) is 0. The average Bonchev–Trinajstić information content (AvgIpc) is 3.28. The van der Waals surface area contributed by atoms with E-state index in [-0.39, 0.29) is 16.8 Å². The maximum atomic E-state index is 14.9. The molecule has 2 aliphatic rings. The van der Waals surface area contributed by atoms with Crippen molar-refractivity contribution in [3.63, 3.8) is 0 Å². The van der Waals surface area contributed by atoms with Crippen molar-refractivity contribution in [1.82, 2.24) is 9.24 Å². The molecule has 4 rings (SSSR count). The van der Waals surface area contributed by atoms with E-state index in [1.807, 2.05) is 18.7 Å². The quantitative estimate of drug-likeness (QED) is 0.777. The minimum atomic E-state index is -0.671. The van der Waals surface area contributed by atoms with Crippen molar-refractivity contribution in [2.45, 2.75) is 45.2 Å². The largest absolute Gasteiger partial charge is 0.369 e. The lowest BCUT2D eigenvalue weighted by Gasteiger charge is -2.27. The second kappa shape index (κ2) is 6.09. The van der Waals surface area contributed by atoms with Gasteiger partial charge in [0.1, 0.15) is 5.82 Å². The van der Waals surface area contributed by atoms with E-state index in [1.165, 1.54) is 10.6 Å². The first-order chi connectivity index (χ1) is 12.7. The molecule has 1 atom stereocenters. The molecule has 2 aromatic rings. The van der Waals surface area contributed by atoms with Gasteiger partial charge in [-0.05, 0) is 57.1 Å². The molecule has 1 unspecified atom stereocenters. The summed E-state index contributed by atoms with van der Waals surface area (Å²) in [6.45, 7) is 5.79. The predicted molar refractivity (Wildman–Crippen MR) is 104 cm³/mol. The fourth-order valence-electron chi connectivity index (χ4n) is 3.96. The van der Waals surface area contributed by atoms with E-state index in [1.54, 1.807) is 6.07 Å². The van der Waals surface area contributed by atoms with Crippen LogP contribution in [0.4, 0.5) is 10.1 Å². The van der Waals surface area contributed by atoms with Gasteiger partial charge < -0.3 is 16.5 Å². The number of hydrogen-bond acceptors (Lipinski definition) is 5. The minimum absolute atomic E-state index is 0.133. The summed E-state index contributed by atoms with van der Waals surface area (Å²) in [5, 5.41) is 0.133. The van der Waals surface area contributed by atoms with Crippen LogP contribution in [0.1, 0.15) is 33.1 Å². The molecule has 7 nitrogen and oxygen atoms in total. The van der Waals surface area contributed by atoms with Gasteiger partial charge in [-0.15, -0.1) is 0 Å². The van der Waals surface area contributed by atoms with Crippen molar-refractivity contribution in [1.29, 1.82) is 0 Å². The van der Waals surface area contributed by atoms with E-state index < -0.39 is 17.1 Å². The summed E-state index contributed by atoms with van der Waals surface area (Å²) in [5.41, 5.74) is 5.52. The fraction of sp³-hybridized carbons (Fsp3) is 0.579. The van der Waals surface area contributed by atoms with E-state index in [4.69, 9.17) is 11.6 Å². The van der Waals surface area contributed by atoms with E-state index in [9.17, 15) is 14.0 Å². The van der Waals surface area contributed by atoms with Crippen LogP contribution in [0.15, 0.2) is 21.7 Å². The first-order valence-electron chi connectivity index (χ1n) is 9.45. The monoisotopic (exact) mass is 375 g/mol. The highest BCUT2D eigenvalue weighted by atomic mass is 19.1. The molecule has 0 bridgehead atoms. The number of nitrogens with zero attached hydrogens (tertiary/aromatic N) is 3. The van der Waals surface area contributed by atoms with Crippen LogP contribution < -0.4 is 27.7 Å². The van der Waals surface area contributed by atoms with Crippen LogP contribution in [0.25, 0.3) is 10.9 Å². The third kappa shape index (κ3) is 3.12. The molecule has 2 fully saturated rings. The van der Waals surface area contributed by atoms with Crippen LogP contribution in [0.5, 0.6) is 0 Å². The fourth-order valence-corrected chi connectivity index (χ4v) is 3.96. The van der Waals surface area contributed by atoms with Gasteiger partial charge in [-0.25, -0.2) is 9.18 Å². The van der Waals surface area contributed by atoms with E-state index >= 15 is 0 Å². The van der Waals surface area contributed by atoms with Crippen molar-refractivity contribution in [2.24, 2.45) is 17.6 Å². The number of benzene rings is 1. The van der Waals surface area contributed by atoms with Gasteiger partial charge >= 0.3 is 5.69 Å². The van der Waals surface area contributed by atoms with Crippen molar-refractivity contribution in [3.05, 3.63) is 38.8 Å². The van der Waals surface area contributed by atoms with Gasteiger partial charge in [0.2, 0.25) is 0 Å². The third-order valence-electron chi connectivity index (χ3n) is 5.96. The predicted octanol–water partition coefficient (Wildman–Crippen LogP) is 0.990. The van der Waals surface area contributed by atoms with Gasteiger partial charge in [-0.2, -0.15) is 4.68 Å². The van der Waals surface area contributed by atoms with Crippen LogP contribution in [0.2, 0.25) is 0 Å². The Morgan fingerprint density at radius 3 is 2.52 bits per heavy atom. The van der Waals surface area contributed by atoms with Crippen LogP contribution in [-0.4, -0.2) is 27.9 Å². The zero-order valence-electron chi connectivity index (χ0n) is 15.7. The molecule has 146 valence electrons. The maximum absolute atomic E-state index is 14.9. The van der Waals surface area contributed by atoms with Crippen molar-refractivity contribution < 1.29 is 4.39 Å². The second-order valence-corrected chi connectivity index (χ2v) is 8.59. The minimum Gasteiger partial charge on any atom is -0.369 e. The molecule has 1 saturated carbocycles. The molecule has 2 heterocycles. The van der Waals surface area contributed by atoms with Gasteiger partial charge in [0, 0.05) is 25.2 Å². The van der Waals surface area contributed by atoms with Crippen LogP contribution in [0, 0.1) is 17.7 Å². The summed E-state index contributed by atoms with van der Waals surface area (Å²) in [6.07, 6.45) is 2.97. The molecule has 1 aromatic heterocycles. The summed E-state index contributed by atoms with van der Waals surface area (Å²) in [6, 6.07) is 2.84. The molecule has 0 radical (unpaired) electrons. The Hall–Kier alpha value is -2.35. The number of aromatic nitrogens is 2. The number of fused-ring (bicyclic) bond motifs is 1. The van der Waals surface area contributed by atoms with Gasteiger partial charge in [0.05, 0.1) is 16.6 Å². The molecule has 27 heavy (non-hydrogen) atoms. The summed E-state index contributed by atoms with van der Waals surface area (Å²) < 4.78 is 17.0. The lowest BCUT2D eigenvalue weighted by Crippen LogP contribution is -2.45. The van der Waals surface area contributed by atoms with Gasteiger partial charge in [-0.1, -0.05) is 0 Å². The Labute approximate surface area is 156 Å². The highest BCUT2D eigenvalue weighted by Crippen LogP contribution is 2.34. The molecule has 1 aliphatic carbocycles. The van der Waals surface area contributed by atoms with E-state index in [0.717, 1.165) is 19.3 Å². The van der Waals surface area contributed by atoms with Gasteiger partial charge in [0.25, 0.3) is 5.56 Å². The summed E-state index contributed by atoms with van der Waals surface area (Å²) in [5.74, 6) is 5.82. The number of hydrogen-bond donors (Lipinski definition) is 2. The smallest absolute Gasteiger partial charge is 0.350 e. The molecular formula is C19H26FN5O2. The van der Waals surface area contributed by atoms with Gasteiger partial charge in [0.15, 0.2) is 0 Å². The highest BCUT2D eigenvalue weighted by Gasteiger charge is 2.33. The van der Waals surface area contributed by atoms with Crippen LogP contribution >= 0.6 is 0 Å². The Morgan fingerprint density at radius 1 is 1.22 bits per heavy atom.